The number of thiazole rings is 1. The van der Waals surface area contributed by atoms with Gasteiger partial charge in [0.25, 0.3) is 0 Å². The van der Waals surface area contributed by atoms with Crippen LogP contribution in [0.3, 0.4) is 0 Å². The van der Waals surface area contributed by atoms with E-state index in [1.165, 1.54) is 36.6 Å². The van der Waals surface area contributed by atoms with Crippen LogP contribution in [0.4, 0.5) is 0 Å². The first-order chi connectivity index (χ1) is 12.5. The molecule has 0 saturated carbocycles. The number of halogens is 1. The van der Waals surface area contributed by atoms with E-state index < -0.39 is 10.0 Å². The number of ether oxygens (including phenoxy) is 1. The van der Waals surface area contributed by atoms with Gasteiger partial charge in [-0.1, -0.05) is 17.7 Å². The molecule has 26 heavy (non-hydrogen) atoms. The Morgan fingerprint density at radius 1 is 1.27 bits per heavy atom. The molecule has 0 aliphatic carbocycles. The predicted molar refractivity (Wildman–Crippen MR) is 102 cm³/mol. The highest BCUT2D eigenvalue weighted by molar-refractivity contribution is 7.89. The Morgan fingerprint density at radius 2 is 2.12 bits per heavy atom. The van der Waals surface area contributed by atoms with Crippen molar-refractivity contribution in [3.05, 3.63) is 58.7 Å². The van der Waals surface area contributed by atoms with Gasteiger partial charge >= 0.3 is 0 Å². The molecule has 2 aromatic heterocycles. The van der Waals surface area contributed by atoms with Gasteiger partial charge < -0.3 is 4.74 Å². The molecular weight excluding hydrogens is 394 g/mol. The molecule has 0 radical (unpaired) electrons. The molecule has 0 aliphatic heterocycles. The Hall–Kier alpha value is -2.00. The zero-order chi connectivity index (χ0) is 18.6. The van der Waals surface area contributed by atoms with Crippen molar-refractivity contribution in [3.8, 4) is 16.5 Å². The third kappa shape index (κ3) is 4.39. The highest BCUT2D eigenvalue weighted by atomic mass is 35.5. The number of rotatable bonds is 7. The van der Waals surface area contributed by atoms with Gasteiger partial charge in [-0.3, -0.25) is 4.98 Å². The van der Waals surface area contributed by atoms with Gasteiger partial charge in [-0.15, -0.1) is 11.3 Å². The summed E-state index contributed by atoms with van der Waals surface area (Å²) in [6.07, 6.45) is 2.19. The number of aromatic nitrogens is 2. The Morgan fingerprint density at radius 3 is 2.81 bits per heavy atom. The number of nitrogens with zero attached hydrogens (tertiary/aromatic N) is 2. The SMILES string of the molecule is COc1ccc(S(=O)(=O)NCCc2csc(-c3ccccn3)n2)cc1Cl. The van der Waals surface area contributed by atoms with Crippen LogP contribution in [0.5, 0.6) is 5.75 Å². The first kappa shape index (κ1) is 18.8. The zero-order valence-corrected chi connectivity index (χ0v) is 16.2. The molecular formula is C17H16ClN3O3S2. The van der Waals surface area contributed by atoms with Gasteiger partial charge in [0.05, 0.1) is 28.4 Å². The maximum atomic E-state index is 12.4. The van der Waals surface area contributed by atoms with Crippen LogP contribution in [0, 0.1) is 0 Å². The van der Waals surface area contributed by atoms with Gasteiger partial charge in [-0.05, 0) is 30.3 Å². The molecule has 0 bridgehead atoms. The highest BCUT2D eigenvalue weighted by Crippen LogP contribution is 2.27. The van der Waals surface area contributed by atoms with E-state index in [2.05, 4.69) is 14.7 Å². The molecule has 0 unspecified atom stereocenters. The fourth-order valence-electron chi connectivity index (χ4n) is 2.24. The van der Waals surface area contributed by atoms with Crippen molar-refractivity contribution in [3.63, 3.8) is 0 Å². The monoisotopic (exact) mass is 409 g/mol. The van der Waals surface area contributed by atoms with Gasteiger partial charge in [0, 0.05) is 24.5 Å². The third-order valence-electron chi connectivity index (χ3n) is 3.54. The molecule has 3 aromatic rings. The van der Waals surface area contributed by atoms with Gasteiger partial charge in [0.15, 0.2) is 0 Å². The molecule has 0 amide bonds. The number of methoxy groups -OCH3 is 1. The first-order valence-corrected chi connectivity index (χ1v) is 10.4. The lowest BCUT2D eigenvalue weighted by atomic mass is 10.3. The lowest BCUT2D eigenvalue weighted by Gasteiger charge is -2.08. The predicted octanol–water partition coefficient (Wildman–Crippen LogP) is 3.39. The summed E-state index contributed by atoms with van der Waals surface area (Å²) in [5.74, 6) is 0.426. The third-order valence-corrected chi connectivity index (χ3v) is 6.21. The van der Waals surface area contributed by atoms with Crippen molar-refractivity contribution in [2.24, 2.45) is 0 Å². The summed E-state index contributed by atoms with van der Waals surface area (Å²) < 4.78 is 32.3. The molecule has 0 spiro atoms. The number of benzene rings is 1. The average Bonchev–Trinajstić information content (AvgIpc) is 3.11. The molecule has 0 saturated heterocycles. The number of hydrogen-bond acceptors (Lipinski definition) is 6. The second kappa shape index (κ2) is 8.13. The van der Waals surface area contributed by atoms with E-state index in [9.17, 15) is 8.42 Å². The second-order valence-corrected chi connectivity index (χ2v) is 8.34. The van der Waals surface area contributed by atoms with Crippen molar-refractivity contribution < 1.29 is 13.2 Å². The number of nitrogens with one attached hydrogen (secondary N) is 1. The molecule has 6 nitrogen and oxygen atoms in total. The largest absolute Gasteiger partial charge is 0.495 e. The van der Waals surface area contributed by atoms with Crippen LogP contribution in [0.15, 0.2) is 52.9 Å². The van der Waals surface area contributed by atoms with E-state index in [0.29, 0.717) is 12.2 Å². The van der Waals surface area contributed by atoms with E-state index in [0.717, 1.165) is 16.4 Å². The molecule has 1 N–H and O–H groups in total. The van der Waals surface area contributed by atoms with Gasteiger partial charge in [0.2, 0.25) is 10.0 Å². The normalized spacial score (nSPS) is 11.5. The van der Waals surface area contributed by atoms with Crippen molar-refractivity contribution >= 4 is 33.0 Å². The van der Waals surface area contributed by atoms with Crippen molar-refractivity contribution in [1.29, 1.82) is 0 Å². The van der Waals surface area contributed by atoms with Crippen LogP contribution in [0.1, 0.15) is 5.69 Å². The topological polar surface area (TPSA) is 81.2 Å². The van der Waals surface area contributed by atoms with Crippen molar-refractivity contribution in [1.82, 2.24) is 14.7 Å². The Labute approximate surface area is 160 Å². The highest BCUT2D eigenvalue weighted by Gasteiger charge is 2.16. The van der Waals surface area contributed by atoms with Gasteiger partial charge in [0.1, 0.15) is 10.8 Å². The molecule has 136 valence electrons. The first-order valence-electron chi connectivity index (χ1n) is 7.68. The van der Waals surface area contributed by atoms with E-state index in [-0.39, 0.29) is 16.5 Å². The maximum absolute atomic E-state index is 12.4. The van der Waals surface area contributed by atoms with Gasteiger partial charge in [-0.2, -0.15) is 0 Å². The van der Waals surface area contributed by atoms with E-state index in [1.807, 2.05) is 23.6 Å². The van der Waals surface area contributed by atoms with Crippen molar-refractivity contribution in [2.45, 2.75) is 11.3 Å². The number of hydrogen-bond donors (Lipinski definition) is 1. The van der Waals surface area contributed by atoms with Crippen LogP contribution >= 0.6 is 22.9 Å². The summed E-state index contributed by atoms with van der Waals surface area (Å²) in [5, 5.41) is 2.96. The zero-order valence-electron chi connectivity index (χ0n) is 13.8. The molecule has 1 aromatic carbocycles. The Kier molecular flexibility index (Phi) is 5.87. The standard InChI is InChI=1S/C17H16ClN3O3S2/c1-24-16-6-5-13(10-14(16)18)26(22,23)20-9-7-12-11-25-17(21-12)15-4-2-3-8-19-15/h2-6,8,10-11,20H,7,9H2,1H3. The molecule has 0 atom stereocenters. The lowest BCUT2D eigenvalue weighted by molar-refractivity contribution is 0.414. The summed E-state index contributed by atoms with van der Waals surface area (Å²) >= 11 is 7.48. The van der Waals surface area contributed by atoms with E-state index >= 15 is 0 Å². The second-order valence-electron chi connectivity index (χ2n) is 5.30. The molecule has 3 rings (SSSR count). The molecule has 2 heterocycles. The van der Waals surface area contributed by atoms with Crippen LogP contribution < -0.4 is 9.46 Å². The minimum absolute atomic E-state index is 0.0933. The Balaban J connectivity index is 1.62. The minimum atomic E-state index is -3.65. The van der Waals surface area contributed by atoms with Crippen LogP contribution in [-0.2, 0) is 16.4 Å². The molecule has 9 heteroatoms. The quantitative estimate of drug-likeness (QED) is 0.646. The average molecular weight is 410 g/mol. The van der Waals surface area contributed by atoms with Gasteiger partial charge in [-0.25, -0.2) is 18.1 Å². The summed E-state index contributed by atoms with van der Waals surface area (Å²) in [5.41, 5.74) is 1.61. The van der Waals surface area contributed by atoms with Crippen molar-refractivity contribution in [2.75, 3.05) is 13.7 Å². The fourth-order valence-corrected chi connectivity index (χ4v) is 4.45. The summed E-state index contributed by atoms with van der Waals surface area (Å²) in [6, 6.07) is 9.98. The minimum Gasteiger partial charge on any atom is -0.495 e. The molecule has 0 aliphatic rings. The van der Waals surface area contributed by atoms with Crippen LogP contribution in [0.2, 0.25) is 5.02 Å². The van der Waals surface area contributed by atoms with E-state index in [4.69, 9.17) is 16.3 Å². The van der Waals surface area contributed by atoms with Crippen LogP contribution in [-0.4, -0.2) is 32.0 Å². The number of pyridine rings is 1. The fraction of sp³-hybridized carbons (Fsp3) is 0.176. The summed E-state index contributed by atoms with van der Waals surface area (Å²) in [6.45, 7) is 0.234. The summed E-state index contributed by atoms with van der Waals surface area (Å²) in [4.78, 5) is 8.84. The summed E-state index contributed by atoms with van der Waals surface area (Å²) in [7, 11) is -2.18. The number of sulfonamides is 1. The van der Waals surface area contributed by atoms with E-state index in [1.54, 1.807) is 6.20 Å². The maximum Gasteiger partial charge on any atom is 0.240 e. The molecule has 0 fully saturated rings. The van der Waals surface area contributed by atoms with Crippen LogP contribution in [0.25, 0.3) is 10.7 Å². The Bertz CT molecular complexity index is 991. The smallest absolute Gasteiger partial charge is 0.240 e. The lowest BCUT2D eigenvalue weighted by Crippen LogP contribution is -2.26.